The van der Waals surface area contributed by atoms with E-state index in [9.17, 15) is 4.39 Å². The third kappa shape index (κ3) is 6.28. The van der Waals surface area contributed by atoms with Gasteiger partial charge in [0, 0.05) is 10.7 Å². The summed E-state index contributed by atoms with van der Waals surface area (Å²) in [4.78, 5) is 3.55. The quantitative estimate of drug-likeness (QED) is 0.515. The van der Waals surface area contributed by atoms with Gasteiger partial charge in [0.2, 0.25) is 5.95 Å². The second kappa shape index (κ2) is 7.22. The molecular weight excluding hydrogens is 221 g/mol. The molecule has 3 heteroatoms. The van der Waals surface area contributed by atoms with Crippen molar-refractivity contribution in [2.75, 3.05) is 0 Å². The van der Waals surface area contributed by atoms with E-state index in [0.29, 0.717) is 0 Å². The average molecular weight is 234 g/mol. The van der Waals surface area contributed by atoms with Gasteiger partial charge in [-0.25, -0.2) is 4.99 Å². The predicted molar refractivity (Wildman–Crippen MR) is 55.3 cm³/mol. The number of hydrogen-bond acceptors (Lipinski definition) is 1. The predicted octanol–water partition coefficient (Wildman–Crippen LogP) is 3.97. The van der Waals surface area contributed by atoms with Gasteiger partial charge in [-0.3, -0.25) is 0 Å². The Morgan fingerprint density at radius 3 is 2.75 bits per heavy atom. The Hall–Kier alpha value is -0.440. The molecule has 0 aliphatic heterocycles. The van der Waals surface area contributed by atoms with Crippen LogP contribution in [-0.4, -0.2) is 6.21 Å². The average Bonchev–Trinajstić information content (AvgIpc) is 2.10. The maximum absolute atomic E-state index is 12.4. The van der Waals surface area contributed by atoms with Crippen LogP contribution in [0.4, 0.5) is 4.39 Å². The molecule has 0 atom stereocenters. The lowest BCUT2D eigenvalue weighted by molar-refractivity contribution is 0.627. The summed E-state index contributed by atoms with van der Waals surface area (Å²) in [6.45, 7) is 3.69. The van der Waals surface area contributed by atoms with E-state index < -0.39 is 5.95 Å². The third-order valence-electron chi connectivity index (χ3n) is 1.18. The fourth-order valence-corrected chi connectivity index (χ4v) is 0.864. The van der Waals surface area contributed by atoms with Crippen LogP contribution in [0.2, 0.25) is 0 Å². The largest absolute Gasteiger partial charge is 0.227 e. The maximum Gasteiger partial charge on any atom is 0.208 e. The minimum Gasteiger partial charge on any atom is -0.227 e. The van der Waals surface area contributed by atoms with Crippen molar-refractivity contribution in [2.24, 2.45) is 4.99 Å². The Kier molecular flexibility index (Phi) is 6.96. The topological polar surface area (TPSA) is 12.4 Å². The van der Waals surface area contributed by atoms with E-state index in [1.807, 2.05) is 6.08 Å². The van der Waals surface area contributed by atoms with Crippen molar-refractivity contribution in [2.45, 2.75) is 26.7 Å². The minimum absolute atomic E-state index is 0.461. The molecule has 0 spiro atoms. The summed E-state index contributed by atoms with van der Waals surface area (Å²) in [6, 6.07) is 0. The Morgan fingerprint density at radius 1 is 1.58 bits per heavy atom. The number of allylic oxidation sites excluding steroid dienone is 3. The van der Waals surface area contributed by atoms with Crippen LogP contribution in [-0.2, 0) is 0 Å². The third-order valence-corrected chi connectivity index (χ3v) is 1.71. The van der Waals surface area contributed by atoms with Crippen molar-refractivity contribution in [1.29, 1.82) is 0 Å². The summed E-state index contributed by atoms with van der Waals surface area (Å²) in [7, 11) is 0. The normalized spacial score (nSPS) is 14.3. The molecule has 0 aliphatic rings. The molecule has 68 valence electrons. The molecule has 0 amide bonds. The molecule has 0 aromatic heterocycles. The molecule has 0 fully saturated rings. The second-order valence-electron chi connectivity index (χ2n) is 2.25. The van der Waals surface area contributed by atoms with Crippen molar-refractivity contribution in [3.8, 4) is 0 Å². The van der Waals surface area contributed by atoms with E-state index in [-0.39, 0.29) is 0 Å². The van der Waals surface area contributed by atoms with Gasteiger partial charge >= 0.3 is 0 Å². The number of nitrogens with zero attached hydrogens (tertiary/aromatic N) is 1. The molecule has 0 saturated carbocycles. The van der Waals surface area contributed by atoms with E-state index in [1.54, 1.807) is 6.92 Å². The van der Waals surface area contributed by atoms with Crippen molar-refractivity contribution in [1.82, 2.24) is 0 Å². The molecule has 0 aromatic rings. The van der Waals surface area contributed by atoms with Crippen LogP contribution < -0.4 is 0 Å². The number of unbranched alkanes of at least 4 members (excludes halogenated alkanes) is 1. The van der Waals surface area contributed by atoms with Gasteiger partial charge in [0.25, 0.3) is 0 Å². The molecule has 0 aromatic carbocycles. The lowest BCUT2D eigenvalue weighted by Gasteiger charge is -1.88. The van der Waals surface area contributed by atoms with Crippen molar-refractivity contribution in [3.63, 3.8) is 0 Å². The van der Waals surface area contributed by atoms with E-state index in [2.05, 4.69) is 27.8 Å². The maximum atomic E-state index is 12.4. The van der Waals surface area contributed by atoms with Gasteiger partial charge < -0.3 is 0 Å². The smallest absolute Gasteiger partial charge is 0.208 e. The van der Waals surface area contributed by atoms with Crippen LogP contribution >= 0.6 is 15.9 Å². The van der Waals surface area contributed by atoms with Gasteiger partial charge in [-0.1, -0.05) is 19.4 Å². The summed E-state index contributed by atoms with van der Waals surface area (Å²) < 4.78 is 13.3. The van der Waals surface area contributed by atoms with Crippen LogP contribution in [0.15, 0.2) is 27.6 Å². The van der Waals surface area contributed by atoms with Crippen LogP contribution in [0.1, 0.15) is 26.7 Å². The van der Waals surface area contributed by atoms with Gasteiger partial charge in [0.15, 0.2) is 0 Å². The second-order valence-corrected chi connectivity index (χ2v) is 3.16. The molecule has 0 bridgehead atoms. The Bertz CT molecular complexity index is 207. The number of rotatable bonds is 4. The highest BCUT2D eigenvalue weighted by molar-refractivity contribution is 9.12. The first-order valence-corrected chi connectivity index (χ1v) is 4.71. The summed E-state index contributed by atoms with van der Waals surface area (Å²) in [5, 5.41) is 0. The standard InChI is InChI=1S/C9H13BrFN/c1-3-5-6-8(10)7-12-9(11)4-2/h4,6-7H,3,5H2,1-2H3/b8-6-,9-4-,12-7-. The lowest BCUT2D eigenvalue weighted by Crippen LogP contribution is -1.75. The van der Waals surface area contributed by atoms with E-state index in [1.165, 1.54) is 12.3 Å². The monoisotopic (exact) mass is 233 g/mol. The molecule has 0 aliphatic carbocycles. The number of hydrogen-bond donors (Lipinski definition) is 0. The molecule has 0 unspecified atom stereocenters. The Labute approximate surface area is 81.2 Å². The molecule has 1 nitrogen and oxygen atoms in total. The summed E-state index contributed by atoms with van der Waals surface area (Å²) in [6.07, 6.45) is 6.80. The van der Waals surface area contributed by atoms with Crippen molar-refractivity contribution < 1.29 is 4.39 Å². The van der Waals surface area contributed by atoms with E-state index >= 15 is 0 Å². The first-order chi connectivity index (χ1) is 5.70. The zero-order chi connectivity index (χ0) is 9.40. The minimum atomic E-state index is -0.461. The molecule has 0 heterocycles. The molecule has 12 heavy (non-hydrogen) atoms. The van der Waals surface area contributed by atoms with Crippen LogP contribution in [0.3, 0.4) is 0 Å². The summed E-state index contributed by atoms with van der Waals surface area (Å²) >= 11 is 3.25. The summed E-state index contributed by atoms with van der Waals surface area (Å²) in [5.41, 5.74) is 0. The van der Waals surface area contributed by atoms with Crippen molar-refractivity contribution in [3.05, 3.63) is 22.6 Å². The first kappa shape index (κ1) is 11.6. The zero-order valence-corrected chi connectivity index (χ0v) is 8.94. The highest BCUT2D eigenvalue weighted by Crippen LogP contribution is 2.06. The number of aliphatic imine (C=N–C) groups is 1. The molecular formula is C9H13BrFN. The van der Waals surface area contributed by atoms with Gasteiger partial charge in [0.05, 0.1) is 0 Å². The van der Waals surface area contributed by atoms with Crippen LogP contribution in [0.5, 0.6) is 0 Å². The van der Waals surface area contributed by atoms with Gasteiger partial charge in [-0.2, -0.15) is 4.39 Å². The van der Waals surface area contributed by atoms with Crippen LogP contribution in [0, 0.1) is 0 Å². The molecule has 0 rings (SSSR count). The van der Waals surface area contributed by atoms with Crippen LogP contribution in [0.25, 0.3) is 0 Å². The van der Waals surface area contributed by atoms with E-state index in [4.69, 9.17) is 0 Å². The zero-order valence-electron chi connectivity index (χ0n) is 7.35. The Balaban J connectivity index is 3.98. The Morgan fingerprint density at radius 2 is 2.25 bits per heavy atom. The van der Waals surface area contributed by atoms with Gasteiger partial charge in [-0.05, 0) is 35.4 Å². The van der Waals surface area contributed by atoms with Crippen molar-refractivity contribution >= 4 is 22.1 Å². The van der Waals surface area contributed by atoms with E-state index in [0.717, 1.165) is 17.3 Å². The lowest BCUT2D eigenvalue weighted by atomic mass is 10.3. The SMILES string of the molecule is C\C=C(F)/N=C\C(Br)=C\CCC. The first-order valence-electron chi connectivity index (χ1n) is 3.92. The molecule has 0 N–H and O–H groups in total. The fourth-order valence-electron chi connectivity index (χ4n) is 0.533. The number of halogens is 2. The highest BCUT2D eigenvalue weighted by atomic mass is 79.9. The van der Waals surface area contributed by atoms with Gasteiger partial charge in [0.1, 0.15) is 0 Å². The fraction of sp³-hybridized carbons (Fsp3) is 0.444. The van der Waals surface area contributed by atoms with Gasteiger partial charge in [-0.15, -0.1) is 0 Å². The summed E-state index contributed by atoms with van der Waals surface area (Å²) in [5.74, 6) is -0.461. The molecule has 0 saturated heterocycles. The molecule has 0 radical (unpaired) electrons. The highest BCUT2D eigenvalue weighted by Gasteiger charge is 1.86.